The van der Waals surface area contributed by atoms with Crippen molar-refractivity contribution in [2.24, 2.45) is 5.92 Å². The summed E-state index contributed by atoms with van der Waals surface area (Å²) < 4.78 is 0. The fourth-order valence-electron chi connectivity index (χ4n) is 2.80. The van der Waals surface area contributed by atoms with Gasteiger partial charge < -0.3 is 15.2 Å². The molecule has 1 aliphatic heterocycles. The number of carbonyl (C=O) groups excluding carboxylic acids is 1. The molecule has 0 unspecified atom stereocenters. The highest BCUT2D eigenvalue weighted by Crippen LogP contribution is 2.24. The van der Waals surface area contributed by atoms with Crippen molar-refractivity contribution in [1.29, 1.82) is 0 Å². The van der Waals surface area contributed by atoms with Gasteiger partial charge in [0.05, 0.1) is 0 Å². The second kappa shape index (κ2) is 6.74. The number of carbonyl (C=O) groups is 1. The van der Waals surface area contributed by atoms with Crippen LogP contribution in [0, 0.1) is 5.92 Å². The van der Waals surface area contributed by atoms with Crippen LogP contribution in [0.5, 0.6) is 0 Å². The SMILES string of the molecule is CC1CCN(c2ccc(NC(=O)c3c[nH]c(=O)[nH]c3=O)cc2)CC1. The van der Waals surface area contributed by atoms with Crippen molar-refractivity contribution in [3.63, 3.8) is 0 Å². The minimum Gasteiger partial charge on any atom is -0.372 e. The number of benzene rings is 1. The summed E-state index contributed by atoms with van der Waals surface area (Å²) >= 11 is 0. The van der Waals surface area contributed by atoms with Gasteiger partial charge in [-0.15, -0.1) is 0 Å². The summed E-state index contributed by atoms with van der Waals surface area (Å²) in [6, 6.07) is 7.54. The van der Waals surface area contributed by atoms with Gasteiger partial charge in [0.1, 0.15) is 5.56 Å². The number of nitrogens with one attached hydrogen (secondary N) is 3. The number of aromatic nitrogens is 2. The van der Waals surface area contributed by atoms with Gasteiger partial charge in [-0.1, -0.05) is 6.92 Å². The van der Waals surface area contributed by atoms with Crippen molar-refractivity contribution in [2.75, 3.05) is 23.3 Å². The van der Waals surface area contributed by atoms with E-state index in [4.69, 9.17) is 0 Å². The molecule has 1 aromatic carbocycles. The molecule has 0 atom stereocenters. The standard InChI is InChI=1S/C17H20N4O3/c1-11-6-8-21(9-7-11)13-4-2-12(3-5-13)19-15(22)14-10-18-17(24)20-16(14)23/h2-5,10-11H,6-9H2,1H3,(H,19,22)(H2,18,20,23,24). The van der Waals surface area contributed by atoms with Crippen LogP contribution in [-0.4, -0.2) is 29.0 Å². The Morgan fingerprint density at radius 2 is 1.83 bits per heavy atom. The lowest BCUT2D eigenvalue weighted by molar-refractivity contribution is 0.102. The second-order valence-electron chi connectivity index (χ2n) is 6.16. The van der Waals surface area contributed by atoms with Gasteiger partial charge >= 0.3 is 5.69 Å². The van der Waals surface area contributed by atoms with Gasteiger partial charge in [-0.25, -0.2) is 4.79 Å². The Bertz CT molecular complexity index is 830. The minimum absolute atomic E-state index is 0.135. The topological polar surface area (TPSA) is 98.1 Å². The summed E-state index contributed by atoms with van der Waals surface area (Å²) in [5, 5.41) is 2.66. The Labute approximate surface area is 138 Å². The van der Waals surface area contributed by atoms with Gasteiger partial charge in [0, 0.05) is 30.7 Å². The molecule has 0 bridgehead atoms. The number of hydrogen-bond acceptors (Lipinski definition) is 4. The Morgan fingerprint density at radius 1 is 1.17 bits per heavy atom. The maximum Gasteiger partial charge on any atom is 0.325 e. The maximum absolute atomic E-state index is 12.1. The van der Waals surface area contributed by atoms with E-state index in [0.29, 0.717) is 5.69 Å². The van der Waals surface area contributed by atoms with E-state index in [-0.39, 0.29) is 5.56 Å². The normalized spacial score (nSPS) is 15.3. The van der Waals surface area contributed by atoms with Crippen LogP contribution >= 0.6 is 0 Å². The highest BCUT2D eigenvalue weighted by atomic mass is 16.2. The number of H-pyrrole nitrogens is 2. The zero-order chi connectivity index (χ0) is 17.1. The van der Waals surface area contributed by atoms with E-state index in [9.17, 15) is 14.4 Å². The highest BCUT2D eigenvalue weighted by molar-refractivity contribution is 6.03. The highest BCUT2D eigenvalue weighted by Gasteiger charge is 2.16. The third-order valence-electron chi connectivity index (χ3n) is 4.34. The van der Waals surface area contributed by atoms with Crippen LogP contribution in [-0.2, 0) is 0 Å². The third-order valence-corrected chi connectivity index (χ3v) is 4.34. The number of anilines is 2. The monoisotopic (exact) mass is 328 g/mol. The molecule has 3 rings (SSSR count). The largest absolute Gasteiger partial charge is 0.372 e. The van der Waals surface area contributed by atoms with E-state index in [1.165, 1.54) is 12.8 Å². The van der Waals surface area contributed by atoms with E-state index < -0.39 is 17.2 Å². The molecule has 7 nitrogen and oxygen atoms in total. The minimum atomic E-state index is -0.713. The lowest BCUT2D eigenvalue weighted by atomic mass is 9.99. The van der Waals surface area contributed by atoms with Crippen molar-refractivity contribution >= 4 is 17.3 Å². The third kappa shape index (κ3) is 3.56. The number of rotatable bonds is 3. The average Bonchev–Trinajstić information content (AvgIpc) is 2.56. The molecule has 1 saturated heterocycles. The van der Waals surface area contributed by atoms with Crippen molar-refractivity contribution in [3.05, 3.63) is 56.9 Å². The Balaban J connectivity index is 1.68. The summed E-state index contributed by atoms with van der Waals surface area (Å²) in [5.74, 6) is 0.210. The molecule has 0 aliphatic carbocycles. The zero-order valence-electron chi connectivity index (χ0n) is 13.5. The number of piperidine rings is 1. The van der Waals surface area contributed by atoms with Crippen LogP contribution < -0.4 is 21.5 Å². The fourth-order valence-corrected chi connectivity index (χ4v) is 2.80. The van der Waals surface area contributed by atoms with E-state index >= 15 is 0 Å². The second-order valence-corrected chi connectivity index (χ2v) is 6.16. The van der Waals surface area contributed by atoms with Gasteiger partial charge in [-0.2, -0.15) is 0 Å². The molecular formula is C17H20N4O3. The van der Waals surface area contributed by atoms with E-state index in [1.54, 1.807) is 0 Å². The molecule has 0 saturated carbocycles. The summed E-state index contributed by atoms with van der Waals surface area (Å²) in [5.41, 5.74) is 0.234. The van der Waals surface area contributed by atoms with Crippen LogP contribution in [0.1, 0.15) is 30.1 Å². The molecule has 1 aliphatic rings. The summed E-state index contributed by atoms with van der Waals surface area (Å²) in [4.78, 5) is 41.3. The molecule has 0 spiro atoms. The molecule has 1 amide bonds. The first-order valence-electron chi connectivity index (χ1n) is 8.01. The quantitative estimate of drug-likeness (QED) is 0.796. The average molecular weight is 328 g/mol. The van der Waals surface area contributed by atoms with Gasteiger partial charge in [0.2, 0.25) is 0 Å². The van der Waals surface area contributed by atoms with E-state index in [2.05, 4.69) is 22.1 Å². The molecule has 126 valence electrons. The van der Waals surface area contributed by atoms with Gasteiger partial charge in [-0.3, -0.25) is 14.6 Å². The van der Waals surface area contributed by atoms with E-state index in [0.717, 1.165) is 30.9 Å². The Kier molecular flexibility index (Phi) is 4.50. The van der Waals surface area contributed by atoms with Crippen LogP contribution in [0.2, 0.25) is 0 Å². The lowest BCUT2D eigenvalue weighted by Crippen LogP contribution is -2.32. The molecule has 1 aromatic heterocycles. The molecule has 24 heavy (non-hydrogen) atoms. The lowest BCUT2D eigenvalue weighted by Gasteiger charge is -2.32. The number of aromatic amines is 2. The molecule has 3 N–H and O–H groups in total. The first kappa shape index (κ1) is 16.0. The van der Waals surface area contributed by atoms with Crippen molar-refractivity contribution in [1.82, 2.24) is 9.97 Å². The van der Waals surface area contributed by atoms with Crippen LogP contribution in [0.4, 0.5) is 11.4 Å². The first-order chi connectivity index (χ1) is 11.5. The van der Waals surface area contributed by atoms with Crippen molar-refractivity contribution < 1.29 is 4.79 Å². The predicted octanol–water partition coefficient (Wildman–Crippen LogP) is 1.55. The predicted molar refractivity (Wildman–Crippen MR) is 92.7 cm³/mol. The molecule has 1 fully saturated rings. The van der Waals surface area contributed by atoms with Crippen LogP contribution in [0.25, 0.3) is 0 Å². The maximum atomic E-state index is 12.1. The molecular weight excluding hydrogens is 308 g/mol. The van der Waals surface area contributed by atoms with Gasteiger partial charge in [0.25, 0.3) is 11.5 Å². The number of amides is 1. The van der Waals surface area contributed by atoms with E-state index in [1.807, 2.05) is 29.2 Å². The molecule has 0 radical (unpaired) electrons. The molecule has 2 heterocycles. The first-order valence-corrected chi connectivity index (χ1v) is 8.01. The van der Waals surface area contributed by atoms with Gasteiger partial charge in [0.15, 0.2) is 0 Å². The molecule has 2 aromatic rings. The smallest absolute Gasteiger partial charge is 0.325 e. The molecule has 7 heteroatoms. The van der Waals surface area contributed by atoms with Crippen LogP contribution in [0.3, 0.4) is 0 Å². The van der Waals surface area contributed by atoms with Crippen LogP contribution in [0.15, 0.2) is 40.1 Å². The van der Waals surface area contributed by atoms with Gasteiger partial charge in [-0.05, 0) is 43.0 Å². The summed E-state index contributed by atoms with van der Waals surface area (Å²) in [6.07, 6.45) is 3.49. The number of nitrogens with zero attached hydrogens (tertiary/aromatic N) is 1. The Morgan fingerprint density at radius 3 is 2.46 bits per heavy atom. The Hall–Kier alpha value is -2.83. The summed E-state index contributed by atoms with van der Waals surface area (Å²) in [7, 11) is 0. The summed E-state index contributed by atoms with van der Waals surface area (Å²) in [6.45, 7) is 4.35. The van der Waals surface area contributed by atoms with Crippen molar-refractivity contribution in [3.8, 4) is 0 Å². The number of hydrogen-bond donors (Lipinski definition) is 3. The van der Waals surface area contributed by atoms with Crippen molar-refractivity contribution in [2.45, 2.75) is 19.8 Å². The fraction of sp³-hybridized carbons (Fsp3) is 0.353. The zero-order valence-corrected chi connectivity index (χ0v) is 13.5.